The van der Waals surface area contributed by atoms with Gasteiger partial charge in [-0.05, 0) is 54.8 Å². The van der Waals surface area contributed by atoms with Crippen molar-refractivity contribution >= 4 is 29.5 Å². The van der Waals surface area contributed by atoms with Crippen molar-refractivity contribution in [3.8, 4) is 11.5 Å². The average Bonchev–Trinajstić information content (AvgIpc) is 3.43. The van der Waals surface area contributed by atoms with Crippen molar-refractivity contribution in [2.24, 2.45) is 5.92 Å². The molecule has 2 unspecified atom stereocenters. The zero-order valence-corrected chi connectivity index (χ0v) is 23.1. The number of aromatic nitrogens is 2. The molecule has 0 radical (unpaired) electrons. The quantitative estimate of drug-likeness (QED) is 0.429. The number of benzene rings is 2. The molecule has 0 bridgehead atoms. The molecule has 11 heteroatoms. The van der Waals surface area contributed by atoms with E-state index in [1.165, 1.54) is 29.2 Å². The molecule has 3 aromatic rings. The number of rotatable bonds is 6. The Morgan fingerprint density at radius 3 is 2.25 bits per heavy atom. The molecule has 210 valence electrons. The topological polar surface area (TPSA) is 88.1 Å². The van der Waals surface area contributed by atoms with Crippen LogP contribution in [-0.2, 0) is 4.79 Å². The maximum Gasteiger partial charge on any atom is 0.415 e. The third kappa shape index (κ3) is 6.12. The number of piperidine rings is 1. The van der Waals surface area contributed by atoms with Crippen molar-refractivity contribution in [1.29, 1.82) is 0 Å². The van der Waals surface area contributed by atoms with Gasteiger partial charge in [-0.2, -0.15) is 0 Å². The minimum Gasteiger partial charge on any atom is -0.494 e. The van der Waals surface area contributed by atoms with Crippen molar-refractivity contribution in [2.45, 2.75) is 24.8 Å². The Bertz CT molecular complexity index is 1320. The number of ether oxygens (including phenoxy) is 2. The first-order valence-electron chi connectivity index (χ1n) is 13.2. The summed E-state index contributed by atoms with van der Waals surface area (Å²) in [6.07, 6.45) is 4.07. The molecule has 9 nitrogen and oxygen atoms in total. The number of carbonyl (C=O) groups excluding carboxylic acids is 2. The Morgan fingerprint density at radius 2 is 1.62 bits per heavy atom. The van der Waals surface area contributed by atoms with Crippen LogP contribution in [0.15, 0.2) is 60.9 Å². The molecule has 2 aliphatic rings. The summed E-state index contributed by atoms with van der Waals surface area (Å²) < 4.78 is 23.9. The molecule has 2 amide bonds. The molecular formula is C29H31ClFN5O4. The molecule has 40 heavy (non-hydrogen) atoms. The highest BCUT2D eigenvalue weighted by Crippen LogP contribution is 2.34. The van der Waals surface area contributed by atoms with E-state index in [-0.39, 0.29) is 29.5 Å². The summed E-state index contributed by atoms with van der Waals surface area (Å²) in [5.74, 6) is 0.881. The number of amides is 2. The van der Waals surface area contributed by atoms with Crippen LogP contribution in [0.3, 0.4) is 0 Å². The number of carbonyl (C=O) groups is 2. The molecule has 3 heterocycles. The Morgan fingerprint density at radius 1 is 0.975 bits per heavy atom. The van der Waals surface area contributed by atoms with Gasteiger partial charge in [0, 0.05) is 50.1 Å². The summed E-state index contributed by atoms with van der Waals surface area (Å²) in [7, 11) is 3.24. The fraction of sp³-hybridized carbons (Fsp3) is 0.379. The lowest BCUT2D eigenvalue weighted by molar-refractivity contribution is -0.135. The highest BCUT2D eigenvalue weighted by atomic mass is 35.5. The predicted octanol–water partition coefficient (Wildman–Crippen LogP) is 4.62. The first-order valence-corrected chi connectivity index (χ1v) is 13.6. The molecule has 2 aromatic carbocycles. The Balaban J connectivity index is 1.27. The number of halogens is 2. The second-order valence-corrected chi connectivity index (χ2v) is 10.5. The second kappa shape index (κ2) is 12.1. The van der Waals surface area contributed by atoms with Gasteiger partial charge in [-0.1, -0.05) is 23.7 Å². The van der Waals surface area contributed by atoms with Crippen LogP contribution in [-0.4, -0.2) is 78.1 Å². The molecule has 0 aliphatic carbocycles. The van der Waals surface area contributed by atoms with E-state index in [2.05, 4.69) is 14.9 Å². The molecule has 1 aromatic heterocycles. The predicted molar refractivity (Wildman–Crippen MR) is 148 cm³/mol. The standard InChI is InChI=1S/C29H31ClFN5O4/c1-34(29(38)40-23-9-7-22(31)8-10-23)26-18-36(17-25(26)19-3-5-21(30)6-4-19)27(37)20-11-13-35(14-12-20)28-32-15-24(39-2)16-33-28/h3-10,15-16,20,25-26H,11-14,17-18H2,1-2H3. The molecule has 2 aliphatic heterocycles. The van der Waals surface area contributed by atoms with Crippen LogP contribution in [0.25, 0.3) is 0 Å². The van der Waals surface area contributed by atoms with Crippen LogP contribution < -0.4 is 14.4 Å². The molecule has 2 atom stereocenters. The first kappa shape index (κ1) is 27.6. The third-order valence-corrected chi connectivity index (χ3v) is 7.93. The first-order chi connectivity index (χ1) is 19.3. The van der Waals surface area contributed by atoms with Gasteiger partial charge in [-0.25, -0.2) is 19.2 Å². The van der Waals surface area contributed by atoms with E-state index in [9.17, 15) is 14.0 Å². The molecule has 0 saturated carbocycles. The third-order valence-electron chi connectivity index (χ3n) is 7.68. The number of likely N-dealkylation sites (N-methyl/N-ethyl adjacent to an activating group) is 1. The largest absolute Gasteiger partial charge is 0.494 e. The lowest BCUT2D eigenvalue weighted by Crippen LogP contribution is -2.45. The number of nitrogens with zero attached hydrogens (tertiary/aromatic N) is 5. The van der Waals surface area contributed by atoms with Crippen LogP contribution in [0.1, 0.15) is 24.3 Å². The van der Waals surface area contributed by atoms with Gasteiger partial charge in [0.05, 0.1) is 25.5 Å². The maximum absolute atomic E-state index is 13.7. The maximum atomic E-state index is 13.7. The van der Waals surface area contributed by atoms with Crippen LogP contribution in [0.2, 0.25) is 5.02 Å². The van der Waals surface area contributed by atoms with Crippen molar-refractivity contribution < 1.29 is 23.5 Å². The second-order valence-electron chi connectivity index (χ2n) is 10.1. The molecule has 5 rings (SSSR count). The van der Waals surface area contributed by atoms with Gasteiger partial charge in [0.2, 0.25) is 11.9 Å². The summed E-state index contributed by atoms with van der Waals surface area (Å²) in [6, 6.07) is 12.5. The van der Waals surface area contributed by atoms with Crippen LogP contribution in [0.4, 0.5) is 15.1 Å². The van der Waals surface area contributed by atoms with Gasteiger partial charge < -0.3 is 24.2 Å². The summed E-state index contributed by atoms with van der Waals surface area (Å²) in [5.41, 5.74) is 0.984. The monoisotopic (exact) mass is 567 g/mol. The lowest BCUT2D eigenvalue weighted by Gasteiger charge is -2.33. The SMILES string of the molecule is COc1cnc(N2CCC(C(=O)N3CC(c4ccc(Cl)cc4)C(N(C)C(=O)Oc4ccc(F)cc4)C3)CC2)nc1. The molecule has 0 spiro atoms. The molecular weight excluding hydrogens is 537 g/mol. The molecule has 2 saturated heterocycles. The van der Waals surface area contributed by atoms with Crippen LogP contribution >= 0.6 is 11.6 Å². The number of hydrogen-bond acceptors (Lipinski definition) is 7. The molecule has 2 fully saturated rings. The van der Waals surface area contributed by atoms with Gasteiger partial charge in [0.15, 0.2) is 5.75 Å². The Kier molecular flexibility index (Phi) is 8.35. The normalized spacial score (nSPS) is 19.4. The highest BCUT2D eigenvalue weighted by molar-refractivity contribution is 6.30. The highest BCUT2D eigenvalue weighted by Gasteiger charge is 2.42. The minimum absolute atomic E-state index is 0.0806. The van der Waals surface area contributed by atoms with Gasteiger partial charge in [0.1, 0.15) is 11.6 Å². The van der Waals surface area contributed by atoms with E-state index in [0.29, 0.717) is 55.7 Å². The van der Waals surface area contributed by atoms with Gasteiger partial charge >= 0.3 is 6.09 Å². The van der Waals surface area contributed by atoms with Gasteiger partial charge in [-0.3, -0.25) is 4.79 Å². The number of anilines is 1. The average molecular weight is 568 g/mol. The summed E-state index contributed by atoms with van der Waals surface area (Å²) in [5, 5.41) is 0.614. The fourth-order valence-electron chi connectivity index (χ4n) is 5.37. The van der Waals surface area contributed by atoms with Crippen LogP contribution in [0, 0.1) is 11.7 Å². The number of hydrogen-bond donors (Lipinski definition) is 0. The Hall–Kier alpha value is -3.92. The van der Waals surface area contributed by atoms with E-state index in [1.54, 1.807) is 26.6 Å². The van der Waals surface area contributed by atoms with Crippen molar-refractivity contribution in [3.63, 3.8) is 0 Å². The van der Waals surface area contributed by atoms with Crippen molar-refractivity contribution in [3.05, 3.63) is 77.3 Å². The van der Waals surface area contributed by atoms with Gasteiger partial charge in [-0.15, -0.1) is 0 Å². The number of methoxy groups -OCH3 is 1. The lowest BCUT2D eigenvalue weighted by atomic mass is 9.93. The van der Waals surface area contributed by atoms with E-state index >= 15 is 0 Å². The van der Waals surface area contributed by atoms with Gasteiger partial charge in [0.25, 0.3) is 0 Å². The smallest absolute Gasteiger partial charge is 0.415 e. The van der Waals surface area contributed by atoms with Crippen LogP contribution in [0.5, 0.6) is 11.5 Å². The van der Waals surface area contributed by atoms with Crippen molar-refractivity contribution in [2.75, 3.05) is 45.2 Å². The summed E-state index contributed by atoms with van der Waals surface area (Å²) >= 11 is 6.13. The summed E-state index contributed by atoms with van der Waals surface area (Å²) in [6.45, 7) is 2.19. The summed E-state index contributed by atoms with van der Waals surface area (Å²) in [4.78, 5) is 40.9. The fourth-order valence-corrected chi connectivity index (χ4v) is 5.50. The Labute approximate surface area is 237 Å². The molecule has 0 N–H and O–H groups in total. The zero-order valence-electron chi connectivity index (χ0n) is 22.4. The van der Waals surface area contributed by atoms with E-state index in [1.807, 2.05) is 29.2 Å². The zero-order chi connectivity index (χ0) is 28.2. The van der Waals surface area contributed by atoms with E-state index < -0.39 is 11.9 Å². The van der Waals surface area contributed by atoms with E-state index in [4.69, 9.17) is 21.1 Å². The number of likely N-dealkylation sites (tertiary alicyclic amines) is 1. The van der Waals surface area contributed by atoms with E-state index in [0.717, 1.165) is 5.56 Å². The van der Waals surface area contributed by atoms with Crippen molar-refractivity contribution in [1.82, 2.24) is 19.8 Å². The minimum atomic E-state index is -0.572.